The van der Waals surface area contributed by atoms with Gasteiger partial charge in [0.15, 0.2) is 0 Å². The number of hydrogen-bond donors (Lipinski definition) is 0. The highest BCUT2D eigenvalue weighted by Crippen LogP contribution is 2.27. The van der Waals surface area contributed by atoms with Crippen LogP contribution in [0.4, 0.5) is 0 Å². The lowest BCUT2D eigenvalue weighted by Crippen LogP contribution is -2.26. The lowest BCUT2D eigenvalue weighted by molar-refractivity contribution is -0.128. The Labute approximate surface area is 73.1 Å². The van der Waals surface area contributed by atoms with E-state index in [-0.39, 0.29) is 11.8 Å². The van der Waals surface area contributed by atoms with E-state index in [9.17, 15) is 4.79 Å². The van der Waals surface area contributed by atoms with Gasteiger partial charge in [0.05, 0.1) is 0 Å². The Hall–Kier alpha value is -0.0400. The van der Waals surface area contributed by atoms with Crippen LogP contribution >= 0.6 is 11.6 Å². The molecule has 1 fully saturated rings. The number of ketones is 1. The molecule has 1 aliphatic rings. The molecule has 0 spiro atoms. The Morgan fingerprint density at radius 1 is 1.55 bits per heavy atom. The minimum absolute atomic E-state index is 0.274. The SMILES string of the molecule is CC1CCCC(CCCl)C1=O. The van der Waals surface area contributed by atoms with Crippen LogP contribution in [0.15, 0.2) is 0 Å². The minimum atomic E-state index is 0.274. The predicted molar refractivity (Wildman–Crippen MR) is 46.8 cm³/mol. The third-order valence-corrected chi connectivity index (χ3v) is 2.75. The Morgan fingerprint density at radius 3 is 2.91 bits per heavy atom. The van der Waals surface area contributed by atoms with E-state index in [4.69, 9.17) is 11.6 Å². The van der Waals surface area contributed by atoms with E-state index >= 15 is 0 Å². The van der Waals surface area contributed by atoms with Gasteiger partial charge in [0.1, 0.15) is 5.78 Å². The molecule has 0 radical (unpaired) electrons. The van der Waals surface area contributed by atoms with E-state index < -0.39 is 0 Å². The molecule has 0 aromatic heterocycles. The zero-order valence-electron chi connectivity index (χ0n) is 6.98. The van der Waals surface area contributed by atoms with E-state index in [1.807, 2.05) is 6.92 Å². The second kappa shape index (κ2) is 4.10. The fraction of sp³-hybridized carbons (Fsp3) is 0.889. The first-order valence-electron chi connectivity index (χ1n) is 4.35. The number of carbonyl (C=O) groups is 1. The molecule has 2 heteroatoms. The smallest absolute Gasteiger partial charge is 0.138 e. The molecule has 0 aromatic rings. The van der Waals surface area contributed by atoms with Crippen molar-refractivity contribution in [2.45, 2.75) is 32.6 Å². The van der Waals surface area contributed by atoms with Gasteiger partial charge < -0.3 is 0 Å². The van der Waals surface area contributed by atoms with Gasteiger partial charge >= 0.3 is 0 Å². The van der Waals surface area contributed by atoms with Gasteiger partial charge in [0, 0.05) is 17.7 Å². The summed E-state index contributed by atoms with van der Waals surface area (Å²) in [5, 5.41) is 0. The van der Waals surface area contributed by atoms with Gasteiger partial charge in [-0.3, -0.25) is 4.79 Å². The summed E-state index contributed by atoms with van der Waals surface area (Å²) < 4.78 is 0. The molecule has 0 N–H and O–H groups in total. The van der Waals surface area contributed by atoms with Crippen molar-refractivity contribution in [3.63, 3.8) is 0 Å². The minimum Gasteiger partial charge on any atom is -0.299 e. The predicted octanol–water partition coefficient (Wildman–Crippen LogP) is 2.62. The number of hydrogen-bond acceptors (Lipinski definition) is 1. The standard InChI is InChI=1S/C9H15ClO/c1-7-3-2-4-8(5-6-10)9(7)11/h7-8H,2-6H2,1H3. The number of Topliss-reactive ketones (excluding diaryl/α,β-unsaturated/α-hetero) is 1. The summed E-state index contributed by atoms with van der Waals surface area (Å²) in [6.45, 7) is 2.03. The number of halogens is 1. The van der Waals surface area contributed by atoms with Gasteiger partial charge in [-0.25, -0.2) is 0 Å². The average molecular weight is 175 g/mol. The van der Waals surface area contributed by atoms with Crippen LogP contribution in [0.25, 0.3) is 0 Å². The Morgan fingerprint density at radius 2 is 2.27 bits per heavy atom. The molecule has 1 aliphatic carbocycles. The zero-order valence-corrected chi connectivity index (χ0v) is 7.73. The quantitative estimate of drug-likeness (QED) is 0.589. The molecule has 0 heterocycles. The van der Waals surface area contributed by atoms with Crippen LogP contribution < -0.4 is 0 Å². The normalized spacial score (nSPS) is 32.4. The van der Waals surface area contributed by atoms with Gasteiger partial charge in [-0.2, -0.15) is 0 Å². The number of carbonyl (C=O) groups excluding carboxylic acids is 1. The fourth-order valence-corrected chi connectivity index (χ4v) is 2.04. The van der Waals surface area contributed by atoms with E-state index in [1.54, 1.807) is 0 Å². The van der Waals surface area contributed by atoms with Gasteiger partial charge in [0.25, 0.3) is 0 Å². The molecule has 0 amide bonds. The van der Waals surface area contributed by atoms with Crippen LogP contribution in [-0.4, -0.2) is 11.7 Å². The molecule has 0 aromatic carbocycles. The second-order valence-electron chi connectivity index (χ2n) is 3.41. The Kier molecular flexibility index (Phi) is 3.38. The molecule has 64 valence electrons. The molecule has 0 bridgehead atoms. The lowest BCUT2D eigenvalue weighted by atomic mass is 9.80. The highest BCUT2D eigenvalue weighted by molar-refractivity contribution is 6.18. The van der Waals surface area contributed by atoms with Crippen molar-refractivity contribution in [3.05, 3.63) is 0 Å². The van der Waals surface area contributed by atoms with E-state index in [2.05, 4.69) is 0 Å². The van der Waals surface area contributed by atoms with Crippen molar-refractivity contribution in [2.24, 2.45) is 11.8 Å². The number of rotatable bonds is 2. The molecular weight excluding hydrogens is 160 g/mol. The maximum atomic E-state index is 11.5. The summed E-state index contributed by atoms with van der Waals surface area (Å²) in [5.74, 6) is 1.63. The molecule has 0 saturated heterocycles. The van der Waals surface area contributed by atoms with Gasteiger partial charge in [-0.1, -0.05) is 13.3 Å². The fourth-order valence-electron chi connectivity index (χ4n) is 1.78. The highest BCUT2D eigenvalue weighted by atomic mass is 35.5. The van der Waals surface area contributed by atoms with Crippen molar-refractivity contribution >= 4 is 17.4 Å². The molecule has 1 saturated carbocycles. The summed E-state index contributed by atoms with van der Waals surface area (Å²) in [7, 11) is 0. The third kappa shape index (κ3) is 2.19. The second-order valence-corrected chi connectivity index (χ2v) is 3.79. The average Bonchev–Trinajstić information content (AvgIpc) is 1.99. The topological polar surface area (TPSA) is 17.1 Å². The summed E-state index contributed by atoms with van der Waals surface area (Å²) in [6, 6.07) is 0. The molecule has 0 aliphatic heterocycles. The molecule has 2 unspecified atom stereocenters. The first-order chi connectivity index (χ1) is 5.25. The van der Waals surface area contributed by atoms with Crippen molar-refractivity contribution in [1.82, 2.24) is 0 Å². The molecule has 1 rings (SSSR count). The van der Waals surface area contributed by atoms with Crippen molar-refractivity contribution in [3.8, 4) is 0 Å². The summed E-state index contributed by atoms with van der Waals surface area (Å²) in [6.07, 6.45) is 4.23. The molecule has 11 heavy (non-hydrogen) atoms. The summed E-state index contributed by atoms with van der Waals surface area (Å²) in [5.41, 5.74) is 0. The van der Waals surface area contributed by atoms with Crippen molar-refractivity contribution in [2.75, 3.05) is 5.88 Å². The molecular formula is C9H15ClO. The van der Waals surface area contributed by atoms with Crippen LogP contribution in [0.5, 0.6) is 0 Å². The van der Waals surface area contributed by atoms with Crippen LogP contribution in [0.2, 0.25) is 0 Å². The van der Waals surface area contributed by atoms with Crippen LogP contribution in [0.3, 0.4) is 0 Å². The first-order valence-corrected chi connectivity index (χ1v) is 4.89. The molecule has 1 nitrogen and oxygen atoms in total. The third-order valence-electron chi connectivity index (χ3n) is 2.54. The van der Waals surface area contributed by atoms with Gasteiger partial charge in [-0.05, 0) is 19.3 Å². The van der Waals surface area contributed by atoms with Crippen LogP contribution in [0.1, 0.15) is 32.6 Å². The van der Waals surface area contributed by atoms with Crippen LogP contribution in [0, 0.1) is 11.8 Å². The van der Waals surface area contributed by atoms with Crippen molar-refractivity contribution < 1.29 is 4.79 Å². The largest absolute Gasteiger partial charge is 0.299 e. The maximum Gasteiger partial charge on any atom is 0.138 e. The van der Waals surface area contributed by atoms with Gasteiger partial charge in [-0.15, -0.1) is 11.6 Å². The first kappa shape index (κ1) is 9.05. The summed E-state index contributed by atoms with van der Waals surface area (Å²) >= 11 is 5.60. The van der Waals surface area contributed by atoms with E-state index in [1.165, 1.54) is 6.42 Å². The van der Waals surface area contributed by atoms with Crippen LogP contribution in [-0.2, 0) is 4.79 Å². The van der Waals surface area contributed by atoms with Crippen molar-refractivity contribution in [1.29, 1.82) is 0 Å². The maximum absolute atomic E-state index is 11.5. The summed E-state index contributed by atoms with van der Waals surface area (Å²) in [4.78, 5) is 11.5. The monoisotopic (exact) mass is 174 g/mol. The molecule has 2 atom stereocenters. The number of alkyl halides is 1. The van der Waals surface area contributed by atoms with Gasteiger partial charge in [0.2, 0.25) is 0 Å². The Balaban J connectivity index is 2.44. The van der Waals surface area contributed by atoms with E-state index in [0.717, 1.165) is 19.3 Å². The Bertz CT molecular complexity index is 142. The highest BCUT2D eigenvalue weighted by Gasteiger charge is 2.26. The van der Waals surface area contributed by atoms with E-state index in [0.29, 0.717) is 11.7 Å². The lowest BCUT2D eigenvalue weighted by Gasteiger charge is -2.24. The zero-order chi connectivity index (χ0) is 8.27.